The maximum atomic E-state index is 10.8. The van der Waals surface area contributed by atoms with Gasteiger partial charge < -0.3 is 10.3 Å². The molecule has 2 rings (SSSR count). The topological polar surface area (TPSA) is 72.0 Å². The predicted molar refractivity (Wildman–Crippen MR) is 43.9 cm³/mol. The van der Waals surface area contributed by atoms with E-state index in [2.05, 4.69) is 5.16 Å². The summed E-state index contributed by atoms with van der Waals surface area (Å²) in [6.07, 6.45) is 3.18. The first kappa shape index (κ1) is 7.61. The zero-order chi connectivity index (χ0) is 8.55. The third-order valence-electron chi connectivity index (χ3n) is 2.48. The molecule has 3 N–H and O–H groups in total. The molecule has 2 unspecified atom stereocenters. The van der Waals surface area contributed by atoms with E-state index in [1.165, 1.54) is 6.07 Å². The van der Waals surface area contributed by atoms with Crippen LogP contribution in [0.3, 0.4) is 0 Å². The molecule has 2 atom stereocenters. The van der Waals surface area contributed by atoms with Gasteiger partial charge in [-0.2, -0.15) is 5.16 Å². The Balaban J connectivity index is 2.24. The van der Waals surface area contributed by atoms with E-state index in [9.17, 15) is 4.79 Å². The van der Waals surface area contributed by atoms with Gasteiger partial charge in [0.2, 0.25) is 0 Å². The van der Waals surface area contributed by atoms with Crippen molar-refractivity contribution in [2.45, 2.75) is 31.2 Å². The van der Waals surface area contributed by atoms with E-state index in [0.29, 0.717) is 5.76 Å². The Labute approximate surface area is 69.7 Å². The van der Waals surface area contributed by atoms with E-state index in [4.69, 9.17) is 10.3 Å². The van der Waals surface area contributed by atoms with E-state index in [1.54, 1.807) is 0 Å². The van der Waals surface area contributed by atoms with Crippen LogP contribution in [0, 0.1) is 0 Å². The fourth-order valence-electron chi connectivity index (χ4n) is 1.82. The predicted octanol–water partition coefficient (Wildman–Crippen LogP) is 0.563. The maximum absolute atomic E-state index is 10.8. The quantitative estimate of drug-likeness (QED) is 0.643. The van der Waals surface area contributed by atoms with Crippen LogP contribution < -0.4 is 11.3 Å². The fourth-order valence-corrected chi connectivity index (χ4v) is 1.82. The van der Waals surface area contributed by atoms with Crippen LogP contribution in [0.15, 0.2) is 15.4 Å². The second kappa shape index (κ2) is 2.79. The monoisotopic (exact) mass is 168 g/mol. The molecule has 4 heteroatoms. The zero-order valence-electron chi connectivity index (χ0n) is 6.75. The zero-order valence-corrected chi connectivity index (χ0v) is 6.75. The number of nitrogens with one attached hydrogen (secondary N) is 1. The summed E-state index contributed by atoms with van der Waals surface area (Å²) in [5.74, 6) is 0.953. The molecule has 0 radical (unpaired) electrons. The van der Waals surface area contributed by atoms with Crippen molar-refractivity contribution in [2.75, 3.05) is 0 Å². The van der Waals surface area contributed by atoms with Crippen molar-refractivity contribution < 1.29 is 4.52 Å². The Hall–Kier alpha value is -1.03. The van der Waals surface area contributed by atoms with Crippen LogP contribution in [0.2, 0.25) is 0 Å². The van der Waals surface area contributed by atoms with Crippen molar-refractivity contribution in [3.8, 4) is 0 Å². The maximum Gasteiger partial charge on any atom is 0.280 e. The fraction of sp³-hybridized carbons (Fsp3) is 0.625. The molecule has 0 aliphatic heterocycles. The average molecular weight is 168 g/mol. The highest BCUT2D eigenvalue weighted by Gasteiger charge is 2.28. The highest BCUT2D eigenvalue weighted by atomic mass is 16.5. The second-order valence-corrected chi connectivity index (χ2v) is 3.32. The molecular weight excluding hydrogens is 156 g/mol. The Morgan fingerprint density at radius 3 is 2.92 bits per heavy atom. The minimum atomic E-state index is -0.177. The van der Waals surface area contributed by atoms with Gasteiger partial charge in [0.1, 0.15) is 5.76 Å². The molecule has 0 spiro atoms. The van der Waals surface area contributed by atoms with Crippen molar-refractivity contribution >= 4 is 0 Å². The van der Waals surface area contributed by atoms with E-state index in [0.717, 1.165) is 19.3 Å². The molecule has 1 heterocycles. The third kappa shape index (κ3) is 1.18. The lowest BCUT2D eigenvalue weighted by molar-refractivity contribution is 0.348. The minimum absolute atomic E-state index is 0.156. The standard InChI is InChI=1S/C8H12N2O2/c9-6-3-1-2-5(6)7-4-8(11)10-12-7/h4-6H,1-3,9H2,(H,10,11). The molecular formula is C8H12N2O2. The first-order valence-electron chi connectivity index (χ1n) is 4.21. The molecule has 4 nitrogen and oxygen atoms in total. The first-order chi connectivity index (χ1) is 5.77. The molecule has 12 heavy (non-hydrogen) atoms. The summed E-state index contributed by atoms with van der Waals surface area (Å²) in [7, 11) is 0. The minimum Gasteiger partial charge on any atom is -0.383 e. The van der Waals surface area contributed by atoms with Gasteiger partial charge in [0.15, 0.2) is 0 Å². The van der Waals surface area contributed by atoms with Crippen molar-refractivity contribution in [1.29, 1.82) is 0 Å². The van der Waals surface area contributed by atoms with Crippen molar-refractivity contribution in [3.05, 3.63) is 22.2 Å². The highest BCUT2D eigenvalue weighted by molar-refractivity contribution is 5.08. The molecule has 1 aliphatic rings. The SMILES string of the molecule is NC1CCCC1c1cc(=O)[nH]o1. The van der Waals surface area contributed by atoms with Crippen LogP contribution in [0.4, 0.5) is 0 Å². The van der Waals surface area contributed by atoms with Crippen LogP contribution in [-0.4, -0.2) is 11.2 Å². The average Bonchev–Trinajstić information content (AvgIpc) is 2.58. The Morgan fingerprint density at radius 2 is 2.42 bits per heavy atom. The molecule has 0 bridgehead atoms. The molecule has 0 saturated heterocycles. The summed E-state index contributed by atoms with van der Waals surface area (Å²) < 4.78 is 5.00. The summed E-state index contributed by atoms with van der Waals surface area (Å²) >= 11 is 0. The summed E-state index contributed by atoms with van der Waals surface area (Å²) in [5, 5.41) is 2.28. The summed E-state index contributed by atoms with van der Waals surface area (Å²) in [5.41, 5.74) is 5.67. The van der Waals surface area contributed by atoms with Gasteiger partial charge in [-0.05, 0) is 12.8 Å². The van der Waals surface area contributed by atoms with Gasteiger partial charge in [0.25, 0.3) is 5.56 Å². The van der Waals surface area contributed by atoms with E-state index < -0.39 is 0 Å². The first-order valence-corrected chi connectivity index (χ1v) is 4.21. The van der Waals surface area contributed by atoms with E-state index in [1.807, 2.05) is 0 Å². The van der Waals surface area contributed by atoms with Crippen molar-refractivity contribution in [3.63, 3.8) is 0 Å². The molecule has 0 aromatic carbocycles. The van der Waals surface area contributed by atoms with Gasteiger partial charge in [0, 0.05) is 18.0 Å². The smallest absolute Gasteiger partial charge is 0.280 e. The van der Waals surface area contributed by atoms with E-state index >= 15 is 0 Å². The molecule has 1 aromatic rings. The third-order valence-corrected chi connectivity index (χ3v) is 2.48. The van der Waals surface area contributed by atoms with Crippen LogP contribution >= 0.6 is 0 Å². The molecule has 1 fully saturated rings. The number of hydrogen-bond donors (Lipinski definition) is 2. The Morgan fingerprint density at radius 1 is 1.58 bits per heavy atom. The summed E-state index contributed by atoms with van der Waals surface area (Å²) in [6.45, 7) is 0. The summed E-state index contributed by atoms with van der Waals surface area (Å²) in [6, 6.07) is 1.65. The summed E-state index contributed by atoms with van der Waals surface area (Å²) in [4.78, 5) is 10.8. The number of H-pyrrole nitrogens is 1. The number of rotatable bonds is 1. The van der Waals surface area contributed by atoms with Crippen LogP contribution in [0.25, 0.3) is 0 Å². The number of aromatic amines is 1. The normalized spacial score (nSPS) is 29.4. The van der Waals surface area contributed by atoms with Crippen LogP contribution in [-0.2, 0) is 0 Å². The van der Waals surface area contributed by atoms with Gasteiger partial charge in [-0.3, -0.25) is 4.79 Å². The second-order valence-electron chi connectivity index (χ2n) is 3.32. The van der Waals surface area contributed by atoms with Crippen molar-refractivity contribution in [2.24, 2.45) is 5.73 Å². The van der Waals surface area contributed by atoms with Gasteiger partial charge in [0.05, 0.1) is 0 Å². The van der Waals surface area contributed by atoms with Crippen molar-refractivity contribution in [1.82, 2.24) is 5.16 Å². The lowest BCUT2D eigenvalue weighted by atomic mass is 10.0. The lowest BCUT2D eigenvalue weighted by Crippen LogP contribution is -2.22. The van der Waals surface area contributed by atoms with E-state index in [-0.39, 0.29) is 17.5 Å². The number of hydrogen-bond acceptors (Lipinski definition) is 3. The number of aromatic nitrogens is 1. The van der Waals surface area contributed by atoms with Crippen LogP contribution in [0.5, 0.6) is 0 Å². The van der Waals surface area contributed by atoms with Gasteiger partial charge >= 0.3 is 0 Å². The van der Waals surface area contributed by atoms with Gasteiger partial charge in [-0.1, -0.05) is 6.42 Å². The lowest BCUT2D eigenvalue weighted by Gasteiger charge is -2.09. The number of nitrogens with two attached hydrogens (primary N) is 1. The largest absolute Gasteiger partial charge is 0.383 e. The highest BCUT2D eigenvalue weighted by Crippen LogP contribution is 2.32. The Kier molecular flexibility index (Phi) is 1.77. The molecule has 66 valence electrons. The van der Waals surface area contributed by atoms with Crippen LogP contribution in [0.1, 0.15) is 30.9 Å². The van der Waals surface area contributed by atoms with Gasteiger partial charge in [-0.25, -0.2) is 0 Å². The molecule has 1 saturated carbocycles. The molecule has 0 amide bonds. The van der Waals surface area contributed by atoms with Gasteiger partial charge in [-0.15, -0.1) is 0 Å². The Bertz CT molecular complexity index is 315. The molecule has 1 aromatic heterocycles. The molecule has 1 aliphatic carbocycles.